The summed E-state index contributed by atoms with van der Waals surface area (Å²) in [6.07, 6.45) is 1.50. The molecular formula is C29H23BrN2O5. The first kappa shape index (κ1) is 24.5. The van der Waals surface area contributed by atoms with Gasteiger partial charge in [0.2, 0.25) is 6.79 Å². The normalized spacial score (nSPS) is 12.5. The zero-order valence-corrected chi connectivity index (χ0v) is 21.2. The Kier molecular flexibility index (Phi) is 7.20. The van der Waals surface area contributed by atoms with Crippen molar-refractivity contribution in [3.05, 3.63) is 124 Å². The van der Waals surface area contributed by atoms with Gasteiger partial charge in [-0.3, -0.25) is 4.79 Å². The SMILES string of the molecule is O=C(N/N=C/c1ccc(OCc2ccc3c(c2)OCO3)c(Br)c1)C(O)(c1ccccc1)c1ccccc1. The summed E-state index contributed by atoms with van der Waals surface area (Å²) in [5.74, 6) is 1.43. The molecule has 0 aromatic heterocycles. The third-order valence-corrected chi connectivity index (χ3v) is 6.50. The number of carbonyl (C=O) groups excluding carboxylic acids is 1. The van der Waals surface area contributed by atoms with Crippen molar-refractivity contribution in [3.63, 3.8) is 0 Å². The molecule has 0 fully saturated rings. The molecule has 0 saturated heterocycles. The predicted molar refractivity (Wildman–Crippen MR) is 143 cm³/mol. The van der Waals surface area contributed by atoms with Crippen LogP contribution in [0.3, 0.4) is 0 Å². The average molecular weight is 559 g/mol. The maximum absolute atomic E-state index is 13.1. The average Bonchev–Trinajstić information content (AvgIpc) is 3.41. The number of halogens is 1. The highest BCUT2D eigenvalue weighted by molar-refractivity contribution is 9.10. The van der Waals surface area contributed by atoms with Crippen LogP contribution in [-0.4, -0.2) is 24.0 Å². The molecule has 5 rings (SSSR count). The van der Waals surface area contributed by atoms with E-state index in [0.29, 0.717) is 29.2 Å². The number of benzene rings is 4. The van der Waals surface area contributed by atoms with Crippen molar-refractivity contribution in [2.75, 3.05) is 6.79 Å². The minimum atomic E-state index is -1.90. The van der Waals surface area contributed by atoms with Gasteiger partial charge < -0.3 is 19.3 Å². The van der Waals surface area contributed by atoms with Gasteiger partial charge in [-0.1, -0.05) is 66.7 Å². The first-order chi connectivity index (χ1) is 18.0. The van der Waals surface area contributed by atoms with Crippen molar-refractivity contribution < 1.29 is 24.1 Å². The fraction of sp³-hybridized carbons (Fsp3) is 0.103. The van der Waals surface area contributed by atoms with Crippen molar-refractivity contribution in [3.8, 4) is 17.2 Å². The molecule has 1 aliphatic heterocycles. The molecule has 4 aromatic rings. The monoisotopic (exact) mass is 558 g/mol. The van der Waals surface area contributed by atoms with E-state index in [-0.39, 0.29) is 6.79 Å². The summed E-state index contributed by atoms with van der Waals surface area (Å²) in [6, 6.07) is 28.7. The van der Waals surface area contributed by atoms with E-state index in [1.54, 1.807) is 48.5 Å². The predicted octanol–water partition coefficient (Wildman–Crippen LogP) is 5.14. The topological polar surface area (TPSA) is 89.4 Å². The number of nitrogens with zero attached hydrogens (tertiary/aromatic N) is 1. The summed E-state index contributed by atoms with van der Waals surface area (Å²) in [4.78, 5) is 13.1. The van der Waals surface area contributed by atoms with Crippen LogP contribution in [0.2, 0.25) is 0 Å². The maximum Gasteiger partial charge on any atom is 0.281 e. The number of hydrogen-bond donors (Lipinski definition) is 2. The van der Waals surface area contributed by atoms with Crippen LogP contribution in [0.1, 0.15) is 22.3 Å². The first-order valence-electron chi connectivity index (χ1n) is 11.5. The Bertz CT molecular complexity index is 1390. The fourth-order valence-corrected chi connectivity index (χ4v) is 4.45. The molecule has 1 amide bonds. The Morgan fingerprint density at radius 3 is 2.30 bits per heavy atom. The minimum absolute atomic E-state index is 0.229. The Labute approximate surface area is 222 Å². The molecular weight excluding hydrogens is 536 g/mol. The molecule has 0 atom stereocenters. The van der Waals surface area contributed by atoms with Crippen LogP contribution in [0.5, 0.6) is 17.2 Å². The smallest absolute Gasteiger partial charge is 0.281 e. The molecule has 1 heterocycles. The van der Waals surface area contributed by atoms with Crippen molar-refractivity contribution in [2.45, 2.75) is 12.2 Å². The van der Waals surface area contributed by atoms with Gasteiger partial charge in [0.15, 0.2) is 17.1 Å². The van der Waals surface area contributed by atoms with Crippen LogP contribution in [0, 0.1) is 0 Å². The lowest BCUT2D eigenvalue weighted by molar-refractivity contribution is -0.136. The van der Waals surface area contributed by atoms with Crippen LogP contribution in [0.15, 0.2) is 107 Å². The lowest BCUT2D eigenvalue weighted by Gasteiger charge is -2.27. The van der Waals surface area contributed by atoms with E-state index >= 15 is 0 Å². The van der Waals surface area contributed by atoms with E-state index in [1.807, 2.05) is 48.5 Å². The summed E-state index contributed by atoms with van der Waals surface area (Å²) in [5.41, 5.74) is 3.16. The van der Waals surface area contributed by atoms with Crippen molar-refractivity contribution >= 4 is 28.1 Å². The van der Waals surface area contributed by atoms with Gasteiger partial charge in [0, 0.05) is 0 Å². The van der Waals surface area contributed by atoms with Crippen molar-refractivity contribution in [2.24, 2.45) is 5.10 Å². The molecule has 0 bridgehead atoms. The van der Waals surface area contributed by atoms with Crippen molar-refractivity contribution in [1.29, 1.82) is 0 Å². The van der Waals surface area contributed by atoms with Gasteiger partial charge in [0.1, 0.15) is 12.4 Å². The van der Waals surface area contributed by atoms with Gasteiger partial charge in [-0.15, -0.1) is 0 Å². The standard InChI is InChI=1S/C29H23BrN2O5/c30-24-15-20(11-13-25(24)35-18-21-12-14-26-27(16-21)37-19-36-26)17-31-32-28(33)29(34,22-7-3-1-4-8-22)23-9-5-2-6-10-23/h1-17,34H,18-19H2,(H,32,33)/b31-17+. The van der Waals surface area contributed by atoms with Gasteiger partial charge >= 0.3 is 0 Å². The number of hydrogen-bond acceptors (Lipinski definition) is 6. The van der Waals surface area contributed by atoms with Gasteiger partial charge in [-0.05, 0) is 68.5 Å². The molecule has 186 valence electrons. The Morgan fingerprint density at radius 1 is 0.946 bits per heavy atom. The second-order valence-corrected chi connectivity index (χ2v) is 9.16. The van der Waals surface area contributed by atoms with E-state index < -0.39 is 11.5 Å². The molecule has 0 aliphatic carbocycles. The number of amides is 1. The van der Waals surface area contributed by atoms with E-state index in [9.17, 15) is 9.90 Å². The Hall–Kier alpha value is -4.14. The summed E-state index contributed by atoms with van der Waals surface area (Å²) >= 11 is 3.53. The zero-order chi connectivity index (χ0) is 25.7. The molecule has 0 saturated carbocycles. The lowest BCUT2D eigenvalue weighted by Crippen LogP contribution is -2.43. The molecule has 1 aliphatic rings. The highest BCUT2D eigenvalue weighted by Crippen LogP contribution is 2.33. The molecule has 0 spiro atoms. The number of ether oxygens (including phenoxy) is 3. The van der Waals surface area contributed by atoms with Crippen LogP contribution < -0.4 is 19.6 Å². The highest BCUT2D eigenvalue weighted by Gasteiger charge is 2.39. The van der Waals surface area contributed by atoms with Gasteiger partial charge in [0.05, 0.1) is 10.7 Å². The summed E-state index contributed by atoms with van der Waals surface area (Å²) in [7, 11) is 0. The third kappa shape index (κ3) is 5.35. The quantitative estimate of drug-likeness (QED) is 0.231. The van der Waals surface area contributed by atoms with Gasteiger partial charge in [-0.25, -0.2) is 5.43 Å². The number of hydrazone groups is 1. The summed E-state index contributed by atoms with van der Waals surface area (Å²) in [5, 5.41) is 15.6. The van der Waals surface area contributed by atoms with E-state index in [0.717, 1.165) is 21.3 Å². The zero-order valence-electron chi connectivity index (χ0n) is 19.6. The molecule has 0 unspecified atom stereocenters. The largest absolute Gasteiger partial charge is 0.488 e. The molecule has 4 aromatic carbocycles. The lowest BCUT2D eigenvalue weighted by atomic mass is 9.85. The number of rotatable bonds is 8. The second-order valence-electron chi connectivity index (χ2n) is 8.31. The Balaban J connectivity index is 1.25. The van der Waals surface area contributed by atoms with E-state index in [1.165, 1.54) is 6.21 Å². The maximum atomic E-state index is 13.1. The van der Waals surface area contributed by atoms with E-state index in [4.69, 9.17) is 14.2 Å². The van der Waals surface area contributed by atoms with E-state index in [2.05, 4.69) is 26.5 Å². The summed E-state index contributed by atoms with van der Waals surface area (Å²) in [6.45, 7) is 0.586. The van der Waals surface area contributed by atoms with Crippen LogP contribution >= 0.6 is 15.9 Å². The minimum Gasteiger partial charge on any atom is -0.488 e. The summed E-state index contributed by atoms with van der Waals surface area (Å²) < 4.78 is 17.4. The van der Waals surface area contributed by atoms with Gasteiger partial charge in [-0.2, -0.15) is 5.10 Å². The fourth-order valence-electron chi connectivity index (χ4n) is 3.94. The molecule has 8 heteroatoms. The second kappa shape index (κ2) is 10.9. The molecule has 2 N–H and O–H groups in total. The number of carbonyl (C=O) groups is 1. The highest BCUT2D eigenvalue weighted by atomic mass is 79.9. The first-order valence-corrected chi connectivity index (χ1v) is 12.3. The molecule has 0 radical (unpaired) electrons. The third-order valence-electron chi connectivity index (χ3n) is 5.88. The Morgan fingerprint density at radius 2 is 1.62 bits per heavy atom. The molecule has 37 heavy (non-hydrogen) atoms. The van der Waals surface area contributed by atoms with Crippen molar-refractivity contribution in [1.82, 2.24) is 5.43 Å². The van der Waals surface area contributed by atoms with Crippen LogP contribution in [0.25, 0.3) is 0 Å². The van der Waals surface area contributed by atoms with Gasteiger partial charge in [0.25, 0.3) is 5.91 Å². The number of nitrogens with one attached hydrogen (secondary N) is 1. The number of aliphatic hydroxyl groups is 1. The van der Waals surface area contributed by atoms with Crippen LogP contribution in [0.4, 0.5) is 0 Å². The molecule has 7 nitrogen and oxygen atoms in total. The van der Waals surface area contributed by atoms with Crippen LogP contribution in [-0.2, 0) is 17.0 Å². The number of fused-ring (bicyclic) bond motifs is 1.